The minimum absolute atomic E-state index is 0.749. The summed E-state index contributed by atoms with van der Waals surface area (Å²) in [7, 11) is 0. The molecule has 0 N–H and O–H groups in total. The fraction of sp³-hybridized carbons (Fsp3) is 0.0625. The molecular weight excluding hydrogens is 236 g/mol. The predicted molar refractivity (Wildman–Crippen MR) is 74.3 cm³/mol. The second-order valence-electron chi connectivity index (χ2n) is 4.27. The molecule has 19 heavy (non-hydrogen) atoms. The average molecular weight is 250 g/mol. The number of benzene rings is 2. The lowest BCUT2D eigenvalue weighted by Gasteiger charge is -2.02. The molecule has 0 fully saturated rings. The van der Waals surface area contributed by atoms with E-state index in [1.165, 1.54) is 5.56 Å². The summed E-state index contributed by atoms with van der Waals surface area (Å²) in [6, 6.07) is 19.9. The molecule has 3 nitrogen and oxygen atoms in total. The SMILES string of the molecule is c1ccc(Cn2cc(Oc3ccccc3)cn2)cc1. The molecule has 0 unspecified atom stereocenters. The van der Waals surface area contributed by atoms with Crippen molar-refractivity contribution >= 4 is 0 Å². The van der Waals surface area contributed by atoms with Crippen molar-refractivity contribution in [3.05, 3.63) is 78.6 Å². The van der Waals surface area contributed by atoms with Crippen LogP contribution >= 0.6 is 0 Å². The van der Waals surface area contributed by atoms with Gasteiger partial charge in [-0.1, -0.05) is 48.5 Å². The summed E-state index contributed by atoms with van der Waals surface area (Å²) in [5.41, 5.74) is 1.22. The summed E-state index contributed by atoms with van der Waals surface area (Å²) in [5, 5.41) is 4.30. The van der Waals surface area contributed by atoms with Crippen molar-refractivity contribution in [1.82, 2.24) is 9.78 Å². The molecule has 0 spiro atoms. The van der Waals surface area contributed by atoms with Crippen molar-refractivity contribution in [3.63, 3.8) is 0 Å². The van der Waals surface area contributed by atoms with E-state index >= 15 is 0 Å². The molecule has 3 heteroatoms. The van der Waals surface area contributed by atoms with E-state index in [0.29, 0.717) is 0 Å². The van der Waals surface area contributed by atoms with Gasteiger partial charge in [0, 0.05) is 0 Å². The van der Waals surface area contributed by atoms with E-state index in [0.717, 1.165) is 18.0 Å². The Morgan fingerprint density at radius 3 is 2.26 bits per heavy atom. The van der Waals surface area contributed by atoms with Crippen LogP contribution in [0.15, 0.2) is 73.1 Å². The van der Waals surface area contributed by atoms with Crippen molar-refractivity contribution in [1.29, 1.82) is 0 Å². The van der Waals surface area contributed by atoms with E-state index in [1.807, 2.05) is 59.4 Å². The smallest absolute Gasteiger partial charge is 0.165 e. The first-order valence-corrected chi connectivity index (χ1v) is 6.19. The minimum Gasteiger partial charge on any atom is -0.454 e. The summed E-state index contributed by atoms with van der Waals surface area (Å²) < 4.78 is 7.58. The van der Waals surface area contributed by atoms with Gasteiger partial charge in [-0.05, 0) is 17.7 Å². The van der Waals surface area contributed by atoms with Crippen LogP contribution in [0.25, 0.3) is 0 Å². The molecule has 0 radical (unpaired) electrons. The Morgan fingerprint density at radius 1 is 0.842 bits per heavy atom. The van der Waals surface area contributed by atoms with Gasteiger partial charge in [-0.25, -0.2) is 0 Å². The van der Waals surface area contributed by atoms with Gasteiger partial charge < -0.3 is 4.74 Å². The maximum Gasteiger partial charge on any atom is 0.165 e. The first kappa shape index (κ1) is 11.5. The Bertz CT molecular complexity index is 576. The summed E-state index contributed by atoms with van der Waals surface area (Å²) in [6.45, 7) is 0.749. The Labute approximate surface area is 112 Å². The van der Waals surface area contributed by atoms with Crippen molar-refractivity contribution in [2.24, 2.45) is 0 Å². The molecule has 0 saturated carbocycles. The van der Waals surface area contributed by atoms with E-state index in [-0.39, 0.29) is 0 Å². The zero-order valence-electron chi connectivity index (χ0n) is 10.4. The summed E-state index contributed by atoms with van der Waals surface area (Å²) in [6.07, 6.45) is 3.63. The van der Waals surface area contributed by atoms with Crippen LogP contribution in [0.5, 0.6) is 11.5 Å². The van der Waals surface area contributed by atoms with Crippen LogP contribution in [-0.4, -0.2) is 9.78 Å². The van der Waals surface area contributed by atoms with E-state index in [4.69, 9.17) is 4.74 Å². The van der Waals surface area contributed by atoms with Gasteiger partial charge in [-0.3, -0.25) is 4.68 Å². The molecule has 2 aromatic carbocycles. The molecule has 94 valence electrons. The topological polar surface area (TPSA) is 27.1 Å². The van der Waals surface area contributed by atoms with Crippen LogP contribution in [0.3, 0.4) is 0 Å². The number of hydrogen-bond acceptors (Lipinski definition) is 2. The Balaban J connectivity index is 1.70. The highest BCUT2D eigenvalue weighted by atomic mass is 16.5. The Kier molecular flexibility index (Phi) is 3.28. The Hall–Kier alpha value is -2.55. The van der Waals surface area contributed by atoms with Gasteiger partial charge in [0.25, 0.3) is 0 Å². The van der Waals surface area contributed by atoms with Gasteiger partial charge in [0.05, 0.1) is 18.9 Å². The molecule has 1 aromatic heterocycles. The molecule has 0 saturated heterocycles. The molecule has 0 aliphatic carbocycles. The third-order valence-corrected chi connectivity index (χ3v) is 2.78. The lowest BCUT2D eigenvalue weighted by molar-refractivity contribution is 0.481. The highest BCUT2D eigenvalue weighted by molar-refractivity contribution is 5.27. The van der Waals surface area contributed by atoms with Crippen LogP contribution in [0.4, 0.5) is 0 Å². The van der Waals surface area contributed by atoms with Gasteiger partial charge in [0.1, 0.15) is 5.75 Å². The van der Waals surface area contributed by atoms with Crippen molar-refractivity contribution < 1.29 is 4.74 Å². The molecule has 3 aromatic rings. The molecule has 1 heterocycles. The summed E-state index contributed by atoms with van der Waals surface area (Å²) in [5.74, 6) is 1.57. The summed E-state index contributed by atoms with van der Waals surface area (Å²) >= 11 is 0. The second-order valence-corrected chi connectivity index (χ2v) is 4.27. The van der Waals surface area contributed by atoms with Crippen molar-refractivity contribution in [2.75, 3.05) is 0 Å². The van der Waals surface area contributed by atoms with Crippen molar-refractivity contribution in [3.8, 4) is 11.5 Å². The Morgan fingerprint density at radius 2 is 1.53 bits per heavy atom. The number of aromatic nitrogens is 2. The molecular formula is C16H14N2O. The fourth-order valence-electron chi connectivity index (χ4n) is 1.88. The van der Waals surface area contributed by atoms with Crippen LogP contribution in [0.1, 0.15) is 5.56 Å². The first-order valence-electron chi connectivity index (χ1n) is 6.19. The molecule has 0 atom stereocenters. The lowest BCUT2D eigenvalue weighted by atomic mass is 10.2. The zero-order valence-corrected chi connectivity index (χ0v) is 10.4. The van der Waals surface area contributed by atoms with Crippen LogP contribution in [0, 0.1) is 0 Å². The highest BCUT2D eigenvalue weighted by Crippen LogP contribution is 2.20. The maximum atomic E-state index is 5.71. The lowest BCUT2D eigenvalue weighted by Crippen LogP contribution is -1.99. The number of nitrogens with zero attached hydrogens (tertiary/aromatic N) is 2. The number of rotatable bonds is 4. The summed E-state index contributed by atoms with van der Waals surface area (Å²) in [4.78, 5) is 0. The maximum absolute atomic E-state index is 5.71. The zero-order chi connectivity index (χ0) is 12.9. The van der Waals surface area contributed by atoms with Crippen LogP contribution < -0.4 is 4.74 Å². The largest absolute Gasteiger partial charge is 0.454 e. The van der Waals surface area contributed by atoms with Gasteiger partial charge in [-0.15, -0.1) is 0 Å². The van der Waals surface area contributed by atoms with Crippen LogP contribution in [-0.2, 0) is 6.54 Å². The quantitative estimate of drug-likeness (QED) is 0.705. The molecule has 0 amide bonds. The van der Waals surface area contributed by atoms with E-state index in [9.17, 15) is 0 Å². The molecule has 0 aliphatic heterocycles. The van der Waals surface area contributed by atoms with Crippen LogP contribution in [0.2, 0.25) is 0 Å². The van der Waals surface area contributed by atoms with Gasteiger partial charge >= 0.3 is 0 Å². The van der Waals surface area contributed by atoms with Crippen molar-refractivity contribution in [2.45, 2.75) is 6.54 Å². The highest BCUT2D eigenvalue weighted by Gasteiger charge is 2.01. The van der Waals surface area contributed by atoms with E-state index < -0.39 is 0 Å². The average Bonchev–Trinajstić information content (AvgIpc) is 2.88. The molecule has 0 bridgehead atoms. The van der Waals surface area contributed by atoms with Gasteiger partial charge in [0.2, 0.25) is 0 Å². The number of hydrogen-bond donors (Lipinski definition) is 0. The monoisotopic (exact) mass is 250 g/mol. The molecule has 0 aliphatic rings. The first-order chi connectivity index (χ1) is 9.40. The van der Waals surface area contributed by atoms with E-state index in [1.54, 1.807) is 6.20 Å². The minimum atomic E-state index is 0.749. The van der Waals surface area contributed by atoms with E-state index in [2.05, 4.69) is 17.2 Å². The third-order valence-electron chi connectivity index (χ3n) is 2.78. The standard InChI is InChI=1S/C16H14N2O/c1-3-7-14(8-4-1)12-18-13-16(11-17-18)19-15-9-5-2-6-10-15/h1-11,13H,12H2. The third kappa shape index (κ3) is 3.01. The normalized spacial score (nSPS) is 10.3. The fourth-order valence-corrected chi connectivity index (χ4v) is 1.88. The number of ether oxygens (including phenoxy) is 1. The van der Waals surface area contributed by atoms with Gasteiger partial charge in [-0.2, -0.15) is 5.10 Å². The second kappa shape index (κ2) is 5.40. The number of para-hydroxylation sites is 1. The molecule has 3 rings (SSSR count). The van der Waals surface area contributed by atoms with Gasteiger partial charge in [0.15, 0.2) is 5.75 Å². The predicted octanol–water partition coefficient (Wildman–Crippen LogP) is 3.72.